The Bertz CT molecular complexity index is 813. The van der Waals surface area contributed by atoms with Gasteiger partial charge in [0.05, 0.1) is 12.5 Å². The van der Waals surface area contributed by atoms with Crippen molar-refractivity contribution in [1.82, 2.24) is 15.0 Å². The summed E-state index contributed by atoms with van der Waals surface area (Å²) in [5.74, 6) is 0.965. The smallest absolute Gasteiger partial charge is 0.246 e. The average molecular weight is 370 g/mol. The monoisotopic (exact) mass is 370 g/mol. The third kappa shape index (κ3) is 4.18. The Labute approximate surface area is 159 Å². The number of rotatable bonds is 6. The van der Waals surface area contributed by atoms with Crippen molar-refractivity contribution in [2.75, 3.05) is 18.0 Å². The van der Waals surface area contributed by atoms with Crippen LogP contribution in [0.3, 0.4) is 0 Å². The number of hydrogen-bond donors (Lipinski definition) is 0. The van der Waals surface area contributed by atoms with E-state index in [1.54, 1.807) is 16.7 Å². The fourth-order valence-electron chi connectivity index (χ4n) is 3.33. The number of hydrogen-bond acceptors (Lipinski definition) is 5. The Morgan fingerprint density at radius 2 is 2.04 bits per heavy atom. The van der Waals surface area contributed by atoms with Crippen LogP contribution in [-0.4, -0.2) is 39.9 Å². The van der Waals surface area contributed by atoms with E-state index in [-0.39, 0.29) is 30.7 Å². The highest BCUT2D eigenvalue weighted by molar-refractivity contribution is 6.00. The second kappa shape index (κ2) is 7.90. The summed E-state index contributed by atoms with van der Waals surface area (Å²) in [4.78, 5) is 32.9. The predicted octanol–water partition coefficient (Wildman–Crippen LogP) is 2.90. The number of benzene rings is 1. The average Bonchev–Trinajstić information content (AvgIpc) is 3.24. The minimum Gasteiger partial charge on any atom is -0.337 e. The van der Waals surface area contributed by atoms with Gasteiger partial charge >= 0.3 is 0 Å². The molecular formula is C20H26N4O3. The van der Waals surface area contributed by atoms with Gasteiger partial charge in [0.15, 0.2) is 5.82 Å². The molecule has 27 heavy (non-hydrogen) atoms. The Morgan fingerprint density at radius 1 is 1.33 bits per heavy atom. The molecule has 1 aromatic carbocycles. The highest BCUT2D eigenvalue weighted by atomic mass is 16.5. The first-order valence-electron chi connectivity index (χ1n) is 9.37. The third-order valence-electron chi connectivity index (χ3n) is 4.93. The lowest BCUT2D eigenvalue weighted by Crippen LogP contribution is -2.37. The van der Waals surface area contributed by atoms with Crippen LogP contribution in [0.25, 0.3) is 0 Å². The molecule has 1 aromatic heterocycles. The maximum absolute atomic E-state index is 12.9. The van der Waals surface area contributed by atoms with Crippen molar-refractivity contribution in [1.29, 1.82) is 0 Å². The normalized spacial score (nSPS) is 17.0. The van der Waals surface area contributed by atoms with Crippen molar-refractivity contribution in [3.05, 3.63) is 41.5 Å². The van der Waals surface area contributed by atoms with Gasteiger partial charge in [-0.1, -0.05) is 31.1 Å². The highest BCUT2D eigenvalue weighted by Crippen LogP contribution is 2.28. The van der Waals surface area contributed by atoms with Crippen LogP contribution in [0.4, 0.5) is 5.69 Å². The van der Waals surface area contributed by atoms with E-state index in [0.717, 1.165) is 5.69 Å². The van der Waals surface area contributed by atoms with Crippen molar-refractivity contribution in [2.45, 2.75) is 46.6 Å². The quantitative estimate of drug-likeness (QED) is 0.781. The van der Waals surface area contributed by atoms with Gasteiger partial charge < -0.3 is 14.3 Å². The standard InChI is InChI=1S/C20H26N4O3/c1-5-23(12-18-21-14(4)22-27-18)20(26)16-10-19(25)24(11-16)17-8-6-15(7-9-17)13(2)3/h6-9,13,16H,5,10-12H2,1-4H3. The SMILES string of the molecule is CCN(Cc1nc(C)no1)C(=O)C1CC(=O)N(c2ccc(C(C)C)cc2)C1. The van der Waals surface area contributed by atoms with E-state index in [9.17, 15) is 9.59 Å². The molecule has 1 aliphatic rings. The predicted molar refractivity (Wildman–Crippen MR) is 101 cm³/mol. The zero-order chi connectivity index (χ0) is 19.6. The zero-order valence-corrected chi connectivity index (χ0v) is 16.3. The summed E-state index contributed by atoms with van der Waals surface area (Å²) in [6, 6.07) is 8.00. The summed E-state index contributed by atoms with van der Waals surface area (Å²) in [6.07, 6.45) is 0.226. The summed E-state index contributed by atoms with van der Waals surface area (Å²) in [5.41, 5.74) is 2.07. The molecule has 0 spiro atoms. The van der Waals surface area contributed by atoms with Crippen LogP contribution in [0.5, 0.6) is 0 Å². The van der Waals surface area contributed by atoms with Gasteiger partial charge in [-0.25, -0.2) is 0 Å². The molecule has 1 fully saturated rings. The van der Waals surface area contributed by atoms with Crippen LogP contribution >= 0.6 is 0 Å². The van der Waals surface area contributed by atoms with Gasteiger partial charge in [-0.15, -0.1) is 0 Å². The second-order valence-corrected chi connectivity index (χ2v) is 7.24. The van der Waals surface area contributed by atoms with Gasteiger partial charge in [-0.05, 0) is 37.5 Å². The van der Waals surface area contributed by atoms with Gasteiger partial charge in [0.1, 0.15) is 0 Å². The molecule has 0 aliphatic carbocycles. The van der Waals surface area contributed by atoms with E-state index in [4.69, 9.17) is 4.52 Å². The minimum absolute atomic E-state index is 0.0182. The van der Waals surface area contributed by atoms with Gasteiger partial charge in [0, 0.05) is 25.2 Å². The van der Waals surface area contributed by atoms with E-state index < -0.39 is 0 Å². The Morgan fingerprint density at radius 3 is 2.59 bits per heavy atom. The molecule has 2 amide bonds. The number of aryl methyl sites for hydroxylation is 1. The number of aromatic nitrogens is 2. The Hall–Kier alpha value is -2.70. The molecule has 0 bridgehead atoms. The van der Waals surface area contributed by atoms with Crippen molar-refractivity contribution < 1.29 is 14.1 Å². The molecule has 7 nitrogen and oxygen atoms in total. The van der Waals surface area contributed by atoms with Crippen molar-refractivity contribution >= 4 is 17.5 Å². The molecule has 7 heteroatoms. The van der Waals surface area contributed by atoms with Crippen molar-refractivity contribution in [2.24, 2.45) is 5.92 Å². The van der Waals surface area contributed by atoms with E-state index in [1.807, 2.05) is 31.2 Å². The summed E-state index contributed by atoms with van der Waals surface area (Å²) in [5, 5.41) is 3.76. The highest BCUT2D eigenvalue weighted by Gasteiger charge is 2.37. The van der Waals surface area contributed by atoms with Gasteiger partial charge in [0.25, 0.3) is 0 Å². The van der Waals surface area contributed by atoms with E-state index in [0.29, 0.717) is 30.7 Å². The topological polar surface area (TPSA) is 79.5 Å². The zero-order valence-electron chi connectivity index (χ0n) is 16.3. The third-order valence-corrected chi connectivity index (χ3v) is 4.93. The fourth-order valence-corrected chi connectivity index (χ4v) is 3.33. The van der Waals surface area contributed by atoms with Crippen molar-refractivity contribution in [3.63, 3.8) is 0 Å². The number of carbonyl (C=O) groups is 2. The molecule has 2 aromatic rings. The van der Waals surface area contributed by atoms with Gasteiger partial charge in [-0.2, -0.15) is 4.98 Å². The van der Waals surface area contributed by atoms with Crippen LogP contribution in [0, 0.1) is 12.8 Å². The first kappa shape index (κ1) is 19.1. The molecule has 1 aliphatic heterocycles. The summed E-state index contributed by atoms with van der Waals surface area (Å²) in [6.45, 7) is 9.10. The molecule has 144 valence electrons. The summed E-state index contributed by atoms with van der Waals surface area (Å²) < 4.78 is 5.12. The van der Waals surface area contributed by atoms with Crippen LogP contribution in [-0.2, 0) is 16.1 Å². The number of nitrogens with zero attached hydrogens (tertiary/aromatic N) is 4. The summed E-state index contributed by atoms with van der Waals surface area (Å²) >= 11 is 0. The first-order valence-corrected chi connectivity index (χ1v) is 9.37. The second-order valence-electron chi connectivity index (χ2n) is 7.24. The lowest BCUT2D eigenvalue weighted by Gasteiger charge is -2.23. The molecule has 2 heterocycles. The lowest BCUT2D eigenvalue weighted by atomic mass is 10.0. The Kier molecular flexibility index (Phi) is 5.58. The van der Waals surface area contributed by atoms with Crippen LogP contribution < -0.4 is 4.90 Å². The lowest BCUT2D eigenvalue weighted by molar-refractivity contribution is -0.136. The number of amides is 2. The molecular weight excluding hydrogens is 344 g/mol. The molecule has 0 saturated carbocycles. The first-order chi connectivity index (χ1) is 12.9. The molecule has 1 atom stereocenters. The van der Waals surface area contributed by atoms with E-state index in [2.05, 4.69) is 24.0 Å². The number of carbonyl (C=O) groups excluding carboxylic acids is 2. The molecule has 3 rings (SSSR count). The molecule has 0 N–H and O–H groups in total. The maximum Gasteiger partial charge on any atom is 0.246 e. The number of anilines is 1. The van der Waals surface area contributed by atoms with Crippen molar-refractivity contribution in [3.8, 4) is 0 Å². The Balaban J connectivity index is 1.68. The van der Waals surface area contributed by atoms with E-state index in [1.165, 1.54) is 5.56 Å². The summed E-state index contributed by atoms with van der Waals surface area (Å²) in [7, 11) is 0. The molecule has 0 radical (unpaired) electrons. The maximum atomic E-state index is 12.9. The van der Waals surface area contributed by atoms with Gasteiger partial charge in [0.2, 0.25) is 17.7 Å². The fraction of sp³-hybridized carbons (Fsp3) is 0.500. The minimum atomic E-state index is -0.355. The molecule has 1 saturated heterocycles. The largest absolute Gasteiger partial charge is 0.337 e. The molecule has 1 unspecified atom stereocenters. The van der Waals surface area contributed by atoms with Gasteiger partial charge in [-0.3, -0.25) is 9.59 Å². The van der Waals surface area contributed by atoms with Crippen LogP contribution in [0.2, 0.25) is 0 Å². The van der Waals surface area contributed by atoms with Crippen LogP contribution in [0.15, 0.2) is 28.8 Å². The van der Waals surface area contributed by atoms with Crippen LogP contribution in [0.1, 0.15) is 50.4 Å². The van der Waals surface area contributed by atoms with E-state index >= 15 is 0 Å².